The maximum atomic E-state index is 9.07. The Labute approximate surface area is 102 Å². The molecule has 1 atom stereocenters. The lowest BCUT2D eigenvalue weighted by Gasteiger charge is -2.14. The van der Waals surface area contributed by atoms with Gasteiger partial charge in [0.1, 0.15) is 6.04 Å². The standard InChI is InChI=1S/C12H19N3S/c1-5-6-14-9(7-13)10-8-16-11(15-10)12(2,3)4/h8-9,14H,5-6H2,1-4H3. The minimum Gasteiger partial charge on any atom is -0.297 e. The third-order valence-electron chi connectivity index (χ3n) is 2.19. The largest absolute Gasteiger partial charge is 0.297 e. The zero-order valence-corrected chi connectivity index (χ0v) is 11.2. The number of hydrogen-bond donors (Lipinski definition) is 1. The van der Waals surface area contributed by atoms with Crippen molar-refractivity contribution in [1.29, 1.82) is 5.26 Å². The van der Waals surface area contributed by atoms with E-state index in [0.29, 0.717) is 0 Å². The summed E-state index contributed by atoms with van der Waals surface area (Å²) in [6.07, 6.45) is 1.02. The van der Waals surface area contributed by atoms with Gasteiger partial charge in [-0.2, -0.15) is 5.26 Å². The van der Waals surface area contributed by atoms with Gasteiger partial charge in [0.25, 0.3) is 0 Å². The molecule has 3 nitrogen and oxygen atoms in total. The number of aromatic nitrogens is 1. The van der Waals surface area contributed by atoms with Gasteiger partial charge in [-0.1, -0.05) is 27.7 Å². The fraction of sp³-hybridized carbons (Fsp3) is 0.667. The van der Waals surface area contributed by atoms with E-state index in [1.807, 2.05) is 5.38 Å². The van der Waals surface area contributed by atoms with Gasteiger partial charge in [0.2, 0.25) is 0 Å². The molecule has 0 fully saturated rings. The van der Waals surface area contributed by atoms with E-state index in [1.54, 1.807) is 11.3 Å². The number of nitriles is 1. The second-order valence-corrected chi connectivity index (χ2v) is 5.70. The van der Waals surface area contributed by atoms with Gasteiger partial charge in [0, 0.05) is 10.8 Å². The molecule has 0 aliphatic carbocycles. The third kappa shape index (κ3) is 3.29. The summed E-state index contributed by atoms with van der Waals surface area (Å²) in [5, 5.41) is 15.3. The molecule has 0 saturated carbocycles. The van der Waals surface area contributed by atoms with E-state index in [4.69, 9.17) is 5.26 Å². The van der Waals surface area contributed by atoms with Crippen molar-refractivity contribution in [2.24, 2.45) is 0 Å². The van der Waals surface area contributed by atoms with Crippen molar-refractivity contribution in [1.82, 2.24) is 10.3 Å². The van der Waals surface area contributed by atoms with Crippen LogP contribution < -0.4 is 5.32 Å². The number of nitrogens with one attached hydrogen (secondary N) is 1. The first-order chi connectivity index (χ1) is 7.49. The molecule has 0 spiro atoms. The number of nitrogens with zero attached hydrogens (tertiary/aromatic N) is 2. The Hall–Kier alpha value is -0.920. The Kier molecular flexibility index (Phi) is 4.45. The molecular weight excluding hydrogens is 218 g/mol. The van der Waals surface area contributed by atoms with E-state index in [9.17, 15) is 0 Å². The summed E-state index contributed by atoms with van der Waals surface area (Å²) in [6, 6.07) is 1.98. The van der Waals surface area contributed by atoms with E-state index in [0.717, 1.165) is 23.7 Å². The van der Waals surface area contributed by atoms with Crippen molar-refractivity contribution >= 4 is 11.3 Å². The van der Waals surface area contributed by atoms with Crippen LogP contribution in [0.2, 0.25) is 0 Å². The Morgan fingerprint density at radius 3 is 2.69 bits per heavy atom. The number of thiazole rings is 1. The van der Waals surface area contributed by atoms with Gasteiger partial charge in [-0.3, -0.25) is 5.32 Å². The summed E-state index contributed by atoms with van der Waals surface area (Å²) >= 11 is 1.63. The topological polar surface area (TPSA) is 48.7 Å². The molecule has 0 saturated heterocycles. The van der Waals surface area contributed by atoms with E-state index in [-0.39, 0.29) is 11.5 Å². The average molecular weight is 237 g/mol. The van der Waals surface area contributed by atoms with Crippen molar-refractivity contribution in [2.45, 2.75) is 45.6 Å². The van der Waals surface area contributed by atoms with Crippen LogP contribution in [0, 0.1) is 11.3 Å². The molecule has 0 aliphatic rings. The highest BCUT2D eigenvalue weighted by Gasteiger charge is 2.20. The molecule has 0 aliphatic heterocycles. The first-order valence-corrected chi connectivity index (χ1v) is 6.46. The second kappa shape index (κ2) is 5.42. The molecule has 16 heavy (non-hydrogen) atoms. The Balaban J connectivity index is 2.80. The van der Waals surface area contributed by atoms with E-state index >= 15 is 0 Å². The summed E-state index contributed by atoms with van der Waals surface area (Å²) in [6.45, 7) is 9.34. The molecule has 1 aromatic heterocycles. The maximum absolute atomic E-state index is 9.07. The highest BCUT2D eigenvalue weighted by molar-refractivity contribution is 7.09. The lowest BCUT2D eigenvalue weighted by molar-refractivity contribution is 0.570. The molecule has 1 rings (SSSR count). The predicted molar refractivity (Wildman–Crippen MR) is 67.5 cm³/mol. The Bertz CT molecular complexity index is 370. The van der Waals surface area contributed by atoms with Gasteiger partial charge in [-0.05, 0) is 13.0 Å². The van der Waals surface area contributed by atoms with Crippen molar-refractivity contribution in [2.75, 3.05) is 6.54 Å². The molecule has 1 unspecified atom stereocenters. The molecule has 4 heteroatoms. The van der Waals surface area contributed by atoms with E-state index < -0.39 is 0 Å². The van der Waals surface area contributed by atoms with Gasteiger partial charge in [0.15, 0.2) is 0 Å². The van der Waals surface area contributed by atoms with Crippen LogP contribution in [0.4, 0.5) is 0 Å². The van der Waals surface area contributed by atoms with Crippen LogP contribution >= 0.6 is 11.3 Å². The molecule has 0 aromatic carbocycles. The van der Waals surface area contributed by atoms with Crippen LogP contribution in [-0.4, -0.2) is 11.5 Å². The van der Waals surface area contributed by atoms with E-state index in [2.05, 4.69) is 44.1 Å². The highest BCUT2D eigenvalue weighted by Crippen LogP contribution is 2.27. The third-order valence-corrected chi connectivity index (χ3v) is 3.47. The fourth-order valence-corrected chi connectivity index (χ4v) is 2.20. The van der Waals surface area contributed by atoms with Crippen LogP contribution in [0.3, 0.4) is 0 Å². The molecule has 0 radical (unpaired) electrons. The van der Waals surface area contributed by atoms with Crippen molar-refractivity contribution in [3.63, 3.8) is 0 Å². The molecule has 1 heterocycles. The van der Waals surface area contributed by atoms with Crippen LogP contribution in [0.25, 0.3) is 0 Å². The summed E-state index contributed by atoms with van der Waals surface area (Å²) in [5.41, 5.74) is 0.916. The number of hydrogen-bond acceptors (Lipinski definition) is 4. The van der Waals surface area contributed by atoms with Crippen LogP contribution in [-0.2, 0) is 5.41 Å². The zero-order valence-electron chi connectivity index (χ0n) is 10.4. The van der Waals surface area contributed by atoms with Crippen LogP contribution in [0.15, 0.2) is 5.38 Å². The van der Waals surface area contributed by atoms with Crippen molar-refractivity contribution < 1.29 is 0 Å². The van der Waals surface area contributed by atoms with Crippen molar-refractivity contribution in [3.05, 3.63) is 16.1 Å². The first-order valence-electron chi connectivity index (χ1n) is 5.58. The van der Waals surface area contributed by atoms with Gasteiger partial charge < -0.3 is 0 Å². The quantitative estimate of drug-likeness (QED) is 0.875. The van der Waals surface area contributed by atoms with Gasteiger partial charge >= 0.3 is 0 Å². The molecule has 1 aromatic rings. The smallest absolute Gasteiger partial charge is 0.139 e. The minimum atomic E-state index is -0.271. The molecule has 0 bridgehead atoms. The molecule has 1 N–H and O–H groups in total. The predicted octanol–water partition coefficient (Wildman–Crippen LogP) is 3.00. The number of rotatable bonds is 4. The van der Waals surface area contributed by atoms with Gasteiger partial charge in [-0.15, -0.1) is 11.3 Å². The normalized spacial score (nSPS) is 13.4. The lowest BCUT2D eigenvalue weighted by Crippen LogP contribution is -2.21. The molecule has 88 valence electrons. The SMILES string of the molecule is CCCNC(C#N)c1csc(C(C)(C)C)n1. The summed E-state index contributed by atoms with van der Waals surface area (Å²) in [4.78, 5) is 4.54. The average Bonchev–Trinajstić information content (AvgIpc) is 2.68. The lowest BCUT2D eigenvalue weighted by atomic mass is 9.98. The summed E-state index contributed by atoms with van der Waals surface area (Å²) in [7, 11) is 0. The first kappa shape index (κ1) is 13.1. The summed E-state index contributed by atoms with van der Waals surface area (Å²) < 4.78 is 0. The summed E-state index contributed by atoms with van der Waals surface area (Å²) in [5.74, 6) is 0. The van der Waals surface area contributed by atoms with Crippen LogP contribution in [0.1, 0.15) is 50.9 Å². The minimum absolute atomic E-state index is 0.0632. The van der Waals surface area contributed by atoms with Gasteiger partial charge in [-0.25, -0.2) is 4.98 Å². The van der Waals surface area contributed by atoms with Crippen molar-refractivity contribution in [3.8, 4) is 6.07 Å². The Morgan fingerprint density at radius 1 is 1.56 bits per heavy atom. The maximum Gasteiger partial charge on any atom is 0.139 e. The second-order valence-electron chi connectivity index (χ2n) is 4.84. The highest BCUT2D eigenvalue weighted by atomic mass is 32.1. The molecular formula is C12H19N3S. The Morgan fingerprint density at radius 2 is 2.25 bits per heavy atom. The monoisotopic (exact) mass is 237 g/mol. The zero-order chi connectivity index (χ0) is 12.2. The van der Waals surface area contributed by atoms with Crippen LogP contribution in [0.5, 0.6) is 0 Å². The fourth-order valence-electron chi connectivity index (χ4n) is 1.27. The molecule has 0 amide bonds. The van der Waals surface area contributed by atoms with E-state index in [1.165, 1.54) is 0 Å². The van der Waals surface area contributed by atoms with Gasteiger partial charge in [0.05, 0.1) is 16.8 Å².